The minimum Gasteiger partial charge on any atom is -0.395 e. The van der Waals surface area contributed by atoms with Crippen molar-refractivity contribution >= 4 is 5.78 Å². The van der Waals surface area contributed by atoms with Crippen molar-refractivity contribution in [2.24, 2.45) is 0 Å². The lowest BCUT2D eigenvalue weighted by molar-refractivity contribution is 0.250. The number of aliphatic hydroxyl groups excluding tert-OH is 1. The highest BCUT2D eigenvalue weighted by molar-refractivity contribution is 5.35. The Labute approximate surface area is 101 Å². The monoisotopic (exact) mass is 234 g/mol. The summed E-state index contributed by atoms with van der Waals surface area (Å²) in [6, 6.07) is 2.12. The normalized spacial score (nSPS) is 13.2. The molecule has 0 aliphatic rings. The molecular formula is C12H18N4O. The van der Waals surface area contributed by atoms with Crippen LogP contribution >= 0.6 is 0 Å². The molecule has 0 saturated carbocycles. The lowest BCUT2D eigenvalue weighted by Gasteiger charge is -2.11. The van der Waals surface area contributed by atoms with Crippen LogP contribution in [0.15, 0.2) is 12.3 Å². The number of aliphatic hydroxyl groups is 1. The smallest absolute Gasteiger partial charge is 0.234 e. The summed E-state index contributed by atoms with van der Waals surface area (Å²) in [7, 11) is 0. The Hall–Kier alpha value is -1.46. The van der Waals surface area contributed by atoms with Gasteiger partial charge in [-0.15, -0.1) is 0 Å². The number of hydrogen-bond donors (Lipinski definition) is 2. The Morgan fingerprint density at radius 1 is 1.47 bits per heavy atom. The van der Waals surface area contributed by atoms with Gasteiger partial charge in [0.1, 0.15) is 0 Å². The zero-order valence-corrected chi connectivity index (χ0v) is 10.4. The standard InChI is InChI=1S/C12H18N4O/c1-8-4-10(3)16-11(5-13-9(2)7-17)6-14-12(16)15-8/h4,6,9,13,17H,5,7H2,1-3H3/t9-/m1/s1. The SMILES string of the molecule is Cc1cc(C)n2c(CN[C@H](C)CO)cnc2n1. The van der Waals surface area contributed by atoms with E-state index in [1.807, 2.05) is 37.4 Å². The number of aryl methyl sites for hydroxylation is 2. The molecule has 0 aliphatic heterocycles. The van der Waals surface area contributed by atoms with Crippen LogP contribution in [-0.4, -0.2) is 32.1 Å². The number of aromatic nitrogens is 3. The topological polar surface area (TPSA) is 62.5 Å². The van der Waals surface area contributed by atoms with E-state index in [2.05, 4.69) is 15.3 Å². The Morgan fingerprint density at radius 3 is 2.94 bits per heavy atom. The first-order valence-corrected chi connectivity index (χ1v) is 5.76. The molecule has 0 saturated heterocycles. The number of fused-ring (bicyclic) bond motifs is 1. The van der Waals surface area contributed by atoms with E-state index in [0.29, 0.717) is 6.54 Å². The van der Waals surface area contributed by atoms with Gasteiger partial charge in [0, 0.05) is 24.0 Å². The number of nitrogens with one attached hydrogen (secondary N) is 1. The van der Waals surface area contributed by atoms with Crippen LogP contribution in [0.5, 0.6) is 0 Å². The third-order valence-electron chi connectivity index (χ3n) is 2.77. The molecule has 5 heteroatoms. The molecule has 92 valence electrons. The van der Waals surface area contributed by atoms with E-state index in [0.717, 1.165) is 22.9 Å². The van der Waals surface area contributed by atoms with Crippen LogP contribution < -0.4 is 5.32 Å². The summed E-state index contributed by atoms with van der Waals surface area (Å²) in [6.07, 6.45) is 1.83. The lowest BCUT2D eigenvalue weighted by atomic mass is 10.3. The van der Waals surface area contributed by atoms with Gasteiger partial charge in [0.25, 0.3) is 0 Å². The summed E-state index contributed by atoms with van der Waals surface area (Å²) in [5.41, 5.74) is 3.16. The molecule has 2 aromatic heterocycles. The summed E-state index contributed by atoms with van der Waals surface area (Å²) < 4.78 is 2.03. The van der Waals surface area contributed by atoms with Crippen molar-refractivity contribution < 1.29 is 5.11 Å². The third kappa shape index (κ3) is 2.45. The van der Waals surface area contributed by atoms with Crippen LogP contribution in [0.25, 0.3) is 5.78 Å². The minimum atomic E-state index is 0.0827. The first-order chi connectivity index (χ1) is 8.11. The van der Waals surface area contributed by atoms with E-state index in [4.69, 9.17) is 5.11 Å². The zero-order valence-electron chi connectivity index (χ0n) is 10.4. The molecule has 0 aliphatic carbocycles. The van der Waals surface area contributed by atoms with Crippen molar-refractivity contribution in [1.29, 1.82) is 0 Å². The van der Waals surface area contributed by atoms with Gasteiger partial charge < -0.3 is 10.4 Å². The molecule has 0 bridgehead atoms. The van der Waals surface area contributed by atoms with Crippen LogP contribution in [0, 0.1) is 13.8 Å². The molecule has 2 aromatic rings. The number of rotatable bonds is 4. The largest absolute Gasteiger partial charge is 0.395 e. The molecule has 2 rings (SSSR count). The molecule has 17 heavy (non-hydrogen) atoms. The van der Waals surface area contributed by atoms with E-state index in [1.54, 1.807) is 0 Å². The fourth-order valence-electron chi connectivity index (χ4n) is 1.86. The molecular weight excluding hydrogens is 216 g/mol. The lowest BCUT2D eigenvalue weighted by Crippen LogP contribution is -2.29. The van der Waals surface area contributed by atoms with Gasteiger partial charge in [-0.3, -0.25) is 4.40 Å². The number of nitrogens with zero attached hydrogens (tertiary/aromatic N) is 3. The van der Waals surface area contributed by atoms with Crippen molar-refractivity contribution in [2.75, 3.05) is 6.61 Å². The van der Waals surface area contributed by atoms with Crippen molar-refractivity contribution in [1.82, 2.24) is 19.7 Å². The van der Waals surface area contributed by atoms with Gasteiger partial charge >= 0.3 is 0 Å². The molecule has 0 unspecified atom stereocenters. The van der Waals surface area contributed by atoms with E-state index in [-0.39, 0.29) is 12.6 Å². The molecule has 5 nitrogen and oxygen atoms in total. The van der Waals surface area contributed by atoms with Crippen LogP contribution in [0.1, 0.15) is 24.0 Å². The Kier molecular flexibility index (Phi) is 3.40. The van der Waals surface area contributed by atoms with Crippen molar-refractivity contribution in [3.05, 3.63) is 29.3 Å². The van der Waals surface area contributed by atoms with Crippen LogP contribution in [-0.2, 0) is 6.54 Å². The van der Waals surface area contributed by atoms with Crippen molar-refractivity contribution in [3.63, 3.8) is 0 Å². The summed E-state index contributed by atoms with van der Waals surface area (Å²) >= 11 is 0. The van der Waals surface area contributed by atoms with Crippen LogP contribution in [0.3, 0.4) is 0 Å². The maximum atomic E-state index is 8.97. The van der Waals surface area contributed by atoms with Crippen LogP contribution in [0.2, 0.25) is 0 Å². The molecule has 0 spiro atoms. The van der Waals surface area contributed by atoms with Gasteiger partial charge in [0.15, 0.2) is 0 Å². The second-order valence-electron chi connectivity index (χ2n) is 4.39. The zero-order chi connectivity index (χ0) is 12.4. The predicted molar refractivity (Wildman–Crippen MR) is 65.8 cm³/mol. The predicted octanol–water partition coefficient (Wildman–Crippen LogP) is 0.817. The quantitative estimate of drug-likeness (QED) is 0.822. The average molecular weight is 234 g/mol. The van der Waals surface area contributed by atoms with Crippen molar-refractivity contribution in [3.8, 4) is 0 Å². The maximum Gasteiger partial charge on any atom is 0.234 e. The van der Waals surface area contributed by atoms with Gasteiger partial charge in [-0.25, -0.2) is 9.97 Å². The third-order valence-corrected chi connectivity index (χ3v) is 2.77. The number of hydrogen-bond acceptors (Lipinski definition) is 4. The highest BCUT2D eigenvalue weighted by Gasteiger charge is 2.08. The average Bonchev–Trinajstić information content (AvgIpc) is 2.69. The molecule has 0 aromatic carbocycles. The van der Waals surface area contributed by atoms with Gasteiger partial charge in [0.05, 0.1) is 18.5 Å². The second kappa shape index (κ2) is 4.81. The Balaban J connectivity index is 2.29. The minimum absolute atomic E-state index is 0.0827. The first kappa shape index (κ1) is 12.0. The summed E-state index contributed by atoms with van der Waals surface area (Å²) in [4.78, 5) is 8.67. The molecule has 0 fully saturated rings. The maximum absolute atomic E-state index is 8.97. The van der Waals surface area contributed by atoms with Gasteiger partial charge in [0.2, 0.25) is 5.78 Å². The Morgan fingerprint density at radius 2 is 2.24 bits per heavy atom. The van der Waals surface area contributed by atoms with Crippen molar-refractivity contribution in [2.45, 2.75) is 33.4 Å². The van der Waals surface area contributed by atoms with Crippen LogP contribution in [0.4, 0.5) is 0 Å². The highest BCUT2D eigenvalue weighted by atomic mass is 16.3. The van der Waals surface area contributed by atoms with E-state index in [9.17, 15) is 0 Å². The molecule has 2 N–H and O–H groups in total. The fraction of sp³-hybridized carbons (Fsp3) is 0.500. The highest BCUT2D eigenvalue weighted by Crippen LogP contribution is 2.10. The van der Waals surface area contributed by atoms with E-state index in [1.165, 1.54) is 0 Å². The fourth-order valence-corrected chi connectivity index (χ4v) is 1.86. The second-order valence-corrected chi connectivity index (χ2v) is 4.39. The number of imidazole rings is 1. The molecule has 0 amide bonds. The van der Waals surface area contributed by atoms with Gasteiger partial charge in [-0.05, 0) is 26.8 Å². The summed E-state index contributed by atoms with van der Waals surface area (Å²) in [5, 5.41) is 12.2. The van der Waals surface area contributed by atoms with E-state index < -0.39 is 0 Å². The molecule has 1 atom stereocenters. The molecule has 2 heterocycles. The first-order valence-electron chi connectivity index (χ1n) is 5.76. The van der Waals surface area contributed by atoms with E-state index >= 15 is 0 Å². The summed E-state index contributed by atoms with van der Waals surface area (Å²) in [6.45, 7) is 6.76. The van der Waals surface area contributed by atoms with Gasteiger partial charge in [-0.1, -0.05) is 0 Å². The van der Waals surface area contributed by atoms with Gasteiger partial charge in [-0.2, -0.15) is 0 Å². The Bertz CT molecular complexity index is 520. The summed E-state index contributed by atoms with van der Waals surface area (Å²) in [5.74, 6) is 0.732. The molecule has 0 radical (unpaired) electrons.